The van der Waals surface area contributed by atoms with Crippen molar-refractivity contribution in [3.63, 3.8) is 0 Å². The number of amides is 2. The number of ether oxygens (including phenoxy) is 3. The number of hydrogen-bond acceptors (Lipinski definition) is 6. The van der Waals surface area contributed by atoms with Crippen molar-refractivity contribution in [3.05, 3.63) is 59.7 Å². The van der Waals surface area contributed by atoms with E-state index >= 15 is 0 Å². The van der Waals surface area contributed by atoms with Crippen molar-refractivity contribution >= 4 is 17.8 Å². The van der Waals surface area contributed by atoms with E-state index in [4.69, 9.17) is 14.2 Å². The van der Waals surface area contributed by atoms with Crippen molar-refractivity contribution in [2.75, 3.05) is 20.3 Å². The summed E-state index contributed by atoms with van der Waals surface area (Å²) in [5.41, 5.74) is 1.11. The first-order valence-corrected chi connectivity index (χ1v) is 11.4. The molecule has 2 atom stereocenters. The van der Waals surface area contributed by atoms with Gasteiger partial charge in [0, 0.05) is 5.56 Å². The summed E-state index contributed by atoms with van der Waals surface area (Å²) in [5.74, 6) is -0.135. The first-order valence-electron chi connectivity index (χ1n) is 11.4. The fourth-order valence-electron chi connectivity index (χ4n) is 3.39. The number of benzene rings is 2. The Morgan fingerprint density at radius 1 is 0.912 bits per heavy atom. The highest BCUT2D eigenvalue weighted by Gasteiger charge is 2.28. The number of hydrogen-bond donors (Lipinski definition) is 2. The minimum absolute atomic E-state index is 0.0512. The number of rotatable bonds is 12. The average Bonchev–Trinajstić information content (AvgIpc) is 2.82. The summed E-state index contributed by atoms with van der Waals surface area (Å²) in [6.07, 6.45) is -0.0512. The van der Waals surface area contributed by atoms with Crippen LogP contribution in [0.2, 0.25) is 0 Å². The maximum absolute atomic E-state index is 13.2. The van der Waals surface area contributed by atoms with E-state index in [9.17, 15) is 14.4 Å². The highest BCUT2D eigenvalue weighted by molar-refractivity contribution is 5.97. The summed E-state index contributed by atoms with van der Waals surface area (Å²) in [6, 6.07) is 12.4. The van der Waals surface area contributed by atoms with Gasteiger partial charge in [0.1, 0.15) is 17.5 Å². The molecule has 2 aromatic rings. The van der Waals surface area contributed by atoms with Crippen LogP contribution in [0.1, 0.15) is 56.1 Å². The van der Waals surface area contributed by atoms with E-state index in [-0.39, 0.29) is 24.9 Å². The zero-order valence-electron chi connectivity index (χ0n) is 20.4. The number of methoxy groups -OCH3 is 1. The SMILES string of the molecule is CCOC(=O)CC(NC(=O)C(NC(=O)c1ccc(OCC)cc1)C(C)C)c1cccc(OC)c1. The fourth-order valence-corrected chi connectivity index (χ4v) is 3.39. The summed E-state index contributed by atoms with van der Waals surface area (Å²) in [4.78, 5) is 38.3. The third-order valence-corrected chi connectivity index (χ3v) is 5.15. The van der Waals surface area contributed by atoms with Crippen LogP contribution in [0.5, 0.6) is 11.5 Å². The van der Waals surface area contributed by atoms with Crippen LogP contribution in [-0.2, 0) is 14.3 Å². The van der Waals surface area contributed by atoms with Gasteiger partial charge in [0.25, 0.3) is 5.91 Å². The largest absolute Gasteiger partial charge is 0.497 e. The number of carbonyl (C=O) groups is 3. The van der Waals surface area contributed by atoms with Gasteiger partial charge in [0.2, 0.25) is 5.91 Å². The molecule has 2 amide bonds. The predicted octanol–water partition coefficient (Wildman–Crippen LogP) is 3.66. The number of nitrogens with one attached hydrogen (secondary N) is 2. The molecule has 2 unspecified atom stereocenters. The molecule has 184 valence electrons. The molecule has 0 bridgehead atoms. The van der Waals surface area contributed by atoms with Crippen LogP contribution in [0, 0.1) is 5.92 Å². The lowest BCUT2D eigenvalue weighted by molar-refractivity contribution is -0.143. The summed E-state index contributed by atoms with van der Waals surface area (Å²) < 4.78 is 15.8. The molecule has 0 spiro atoms. The Morgan fingerprint density at radius 2 is 1.62 bits per heavy atom. The monoisotopic (exact) mass is 470 g/mol. The summed E-state index contributed by atoms with van der Waals surface area (Å²) in [5, 5.41) is 5.72. The first kappa shape index (κ1) is 26.7. The molecule has 8 nitrogen and oxygen atoms in total. The summed E-state index contributed by atoms with van der Waals surface area (Å²) in [7, 11) is 1.54. The van der Waals surface area contributed by atoms with Crippen LogP contribution < -0.4 is 20.1 Å². The van der Waals surface area contributed by atoms with E-state index in [1.165, 1.54) is 0 Å². The van der Waals surface area contributed by atoms with Gasteiger partial charge in [-0.1, -0.05) is 26.0 Å². The van der Waals surface area contributed by atoms with Crippen LogP contribution in [0.3, 0.4) is 0 Å². The van der Waals surface area contributed by atoms with Gasteiger partial charge >= 0.3 is 5.97 Å². The second-order valence-corrected chi connectivity index (χ2v) is 8.00. The molecule has 0 saturated heterocycles. The molecule has 2 aromatic carbocycles. The minimum Gasteiger partial charge on any atom is -0.497 e. The highest BCUT2D eigenvalue weighted by atomic mass is 16.5. The van der Waals surface area contributed by atoms with E-state index < -0.39 is 24.0 Å². The Bertz CT molecular complexity index is 958. The Balaban J connectivity index is 2.19. The zero-order chi connectivity index (χ0) is 25.1. The zero-order valence-corrected chi connectivity index (χ0v) is 20.4. The third kappa shape index (κ3) is 7.79. The van der Waals surface area contributed by atoms with Crippen molar-refractivity contribution in [2.45, 2.75) is 46.2 Å². The van der Waals surface area contributed by atoms with Crippen molar-refractivity contribution < 1.29 is 28.6 Å². The normalized spacial score (nSPS) is 12.4. The molecule has 0 aliphatic rings. The molecule has 2 N–H and O–H groups in total. The standard InChI is InChI=1S/C26H34N2O6/c1-6-33-20-13-11-18(12-14-20)25(30)28-24(17(3)4)26(31)27-22(16-23(29)34-7-2)19-9-8-10-21(15-19)32-5/h8-15,17,22,24H,6-7,16H2,1-5H3,(H,27,31)(H,28,30). The molecule has 0 aliphatic heterocycles. The number of carbonyl (C=O) groups excluding carboxylic acids is 3. The average molecular weight is 471 g/mol. The fraction of sp³-hybridized carbons (Fsp3) is 0.423. The number of esters is 1. The van der Waals surface area contributed by atoms with E-state index in [2.05, 4.69) is 10.6 Å². The lowest BCUT2D eigenvalue weighted by atomic mass is 9.99. The van der Waals surface area contributed by atoms with Crippen LogP contribution in [0.4, 0.5) is 0 Å². The maximum Gasteiger partial charge on any atom is 0.308 e. The van der Waals surface area contributed by atoms with Gasteiger partial charge in [-0.15, -0.1) is 0 Å². The summed E-state index contributed by atoms with van der Waals surface area (Å²) >= 11 is 0. The van der Waals surface area contributed by atoms with Crippen molar-refractivity contribution in [1.82, 2.24) is 10.6 Å². The van der Waals surface area contributed by atoms with Crippen LogP contribution in [0.25, 0.3) is 0 Å². The van der Waals surface area contributed by atoms with E-state index in [1.807, 2.05) is 20.8 Å². The Kier molecular flexibility index (Phi) is 10.4. The van der Waals surface area contributed by atoms with Crippen LogP contribution in [0.15, 0.2) is 48.5 Å². The third-order valence-electron chi connectivity index (χ3n) is 5.15. The van der Waals surface area contributed by atoms with Crippen LogP contribution in [-0.4, -0.2) is 44.1 Å². The molecule has 34 heavy (non-hydrogen) atoms. The molecular formula is C26H34N2O6. The second kappa shape index (κ2) is 13.2. The lowest BCUT2D eigenvalue weighted by Gasteiger charge is -2.26. The van der Waals surface area contributed by atoms with Crippen LogP contribution >= 0.6 is 0 Å². The second-order valence-electron chi connectivity index (χ2n) is 8.00. The molecule has 0 heterocycles. The van der Waals surface area contributed by atoms with Gasteiger partial charge in [-0.25, -0.2) is 0 Å². The lowest BCUT2D eigenvalue weighted by Crippen LogP contribution is -2.50. The molecule has 0 fully saturated rings. The Labute approximate surface area is 201 Å². The van der Waals surface area contributed by atoms with E-state index in [1.54, 1.807) is 62.6 Å². The minimum atomic E-state index is -0.811. The Morgan fingerprint density at radius 3 is 2.21 bits per heavy atom. The van der Waals surface area contributed by atoms with Crippen molar-refractivity contribution in [3.8, 4) is 11.5 Å². The van der Waals surface area contributed by atoms with Crippen molar-refractivity contribution in [2.24, 2.45) is 5.92 Å². The topological polar surface area (TPSA) is 103 Å². The molecular weight excluding hydrogens is 436 g/mol. The quantitative estimate of drug-likeness (QED) is 0.459. The maximum atomic E-state index is 13.2. The predicted molar refractivity (Wildman–Crippen MR) is 129 cm³/mol. The van der Waals surface area contributed by atoms with Gasteiger partial charge in [-0.2, -0.15) is 0 Å². The smallest absolute Gasteiger partial charge is 0.308 e. The molecule has 2 rings (SSSR count). The van der Waals surface area contributed by atoms with Gasteiger partial charge in [0.15, 0.2) is 0 Å². The molecule has 0 radical (unpaired) electrons. The van der Waals surface area contributed by atoms with Gasteiger partial charge in [0.05, 0.1) is 32.8 Å². The van der Waals surface area contributed by atoms with Crippen molar-refractivity contribution in [1.29, 1.82) is 0 Å². The molecule has 0 aliphatic carbocycles. The van der Waals surface area contributed by atoms with Gasteiger partial charge in [-0.3, -0.25) is 14.4 Å². The summed E-state index contributed by atoms with van der Waals surface area (Å²) in [6.45, 7) is 8.06. The first-order chi connectivity index (χ1) is 16.3. The molecule has 0 aromatic heterocycles. The molecule has 8 heteroatoms. The van der Waals surface area contributed by atoms with E-state index in [0.29, 0.717) is 29.2 Å². The van der Waals surface area contributed by atoms with E-state index in [0.717, 1.165) is 0 Å². The molecule has 0 saturated carbocycles. The Hall–Kier alpha value is -3.55. The van der Waals surface area contributed by atoms with Gasteiger partial charge < -0.3 is 24.8 Å². The van der Waals surface area contributed by atoms with Gasteiger partial charge in [-0.05, 0) is 61.7 Å². The highest BCUT2D eigenvalue weighted by Crippen LogP contribution is 2.23.